The average molecular weight is 245 g/mol. The summed E-state index contributed by atoms with van der Waals surface area (Å²) in [6, 6.07) is 6.05. The van der Waals surface area contributed by atoms with Gasteiger partial charge in [0.05, 0.1) is 6.04 Å². The van der Waals surface area contributed by atoms with E-state index in [9.17, 15) is 0 Å². The summed E-state index contributed by atoms with van der Waals surface area (Å²) in [4.78, 5) is 2.32. The monoisotopic (exact) mass is 245 g/mol. The van der Waals surface area contributed by atoms with Crippen LogP contribution in [0.2, 0.25) is 0 Å². The van der Waals surface area contributed by atoms with Gasteiger partial charge in [0.2, 0.25) is 0 Å². The van der Waals surface area contributed by atoms with E-state index in [2.05, 4.69) is 18.0 Å². The molecule has 1 aliphatic rings. The second-order valence-electron chi connectivity index (χ2n) is 5.20. The van der Waals surface area contributed by atoms with Gasteiger partial charge in [-0.2, -0.15) is 0 Å². The normalized spacial score (nSPS) is 19.2. The lowest BCUT2D eigenvalue weighted by Gasteiger charge is -2.18. The summed E-state index contributed by atoms with van der Waals surface area (Å²) in [6.45, 7) is 4.14. The minimum atomic E-state index is -0.0589. The standard InChI is InChI=1S/C15H23N3/c1-11-5-3-7-13(14(11)16)15(17)12-6-4-9-18(2)10-8-12/h3,5,7-8,15H,4,6,9-10,16-17H2,1-2H3. The second kappa shape index (κ2) is 5.55. The zero-order chi connectivity index (χ0) is 13.1. The number of nitrogen functional groups attached to an aromatic ring is 1. The molecule has 0 bridgehead atoms. The van der Waals surface area contributed by atoms with Crippen molar-refractivity contribution < 1.29 is 0 Å². The van der Waals surface area contributed by atoms with Crippen molar-refractivity contribution in [2.45, 2.75) is 25.8 Å². The molecule has 1 heterocycles. The average Bonchev–Trinajstić information content (AvgIpc) is 2.57. The van der Waals surface area contributed by atoms with Gasteiger partial charge in [-0.3, -0.25) is 0 Å². The zero-order valence-electron chi connectivity index (χ0n) is 11.3. The van der Waals surface area contributed by atoms with E-state index >= 15 is 0 Å². The van der Waals surface area contributed by atoms with Crippen LogP contribution in [0.3, 0.4) is 0 Å². The fourth-order valence-corrected chi connectivity index (χ4v) is 2.48. The first-order valence-corrected chi connectivity index (χ1v) is 6.57. The molecule has 0 fully saturated rings. The third kappa shape index (κ3) is 2.74. The van der Waals surface area contributed by atoms with E-state index in [1.807, 2.05) is 25.1 Å². The van der Waals surface area contributed by atoms with Crippen molar-refractivity contribution in [1.29, 1.82) is 0 Å². The molecule has 0 aliphatic carbocycles. The minimum absolute atomic E-state index is 0.0589. The van der Waals surface area contributed by atoms with Crippen LogP contribution in [-0.4, -0.2) is 25.0 Å². The summed E-state index contributed by atoms with van der Waals surface area (Å²) < 4.78 is 0. The van der Waals surface area contributed by atoms with Crippen LogP contribution in [0, 0.1) is 6.92 Å². The predicted octanol–water partition coefficient (Wildman–Crippen LogP) is 2.23. The van der Waals surface area contributed by atoms with Gasteiger partial charge in [-0.15, -0.1) is 0 Å². The molecule has 1 unspecified atom stereocenters. The lowest BCUT2D eigenvalue weighted by atomic mass is 9.93. The first-order valence-electron chi connectivity index (χ1n) is 6.57. The van der Waals surface area contributed by atoms with Gasteiger partial charge in [-0.1, -0.05) is 29.8 Å². The topological polar surface area (TPSA) is 55.3 Å². The highest BCUT2D eigenvalue weighted by atomic mass is 15.1. The molecule has 1 aromatic rings. The summed E-state index contributed by atoms with van der Waals surface area (Å²) in [5, 5.41) is 0. The lowest BCUT2D eigenvalue weighted by Crippen LogP contribution is -2.18. The van der Waals surface area contributed by atoms with Crippen molar-refractivity contribution in [2.24, 2.45) is 5.73 Å². The van der Waals surface area contributed by atoms with E-state index in [0.29, 0.717) is 0 Å². The van der Waals surface area contributed by atoms with Gasteiger partial charge in [-0.05, 0) is 44.5 Å². The molecule has 0 aromatic heterocycles. The van der Waals surface area contributed by atoms with Crippen molar-refractivity contribution in [1.82, 2.24) is 4.90 Å². The Morgan fingerprint density at radius 1 is 1.33 bits per heavy atom. The Kier molecular flexibility index (Phi) is 4.04. The third-order valence-corrected chi connectivity index (χ3v) is 3.76. The number of nitrogens with two attached hydrogens (primary N) is 2. The number of hydrogen-bond donors (Lipinski definition) is 2. The Hall–Kier alpha value is -1.32. The number of para-hydroxylation sites is 1. The quantitative estimate of drug-likeness (QED) is 0.620. The van der Waals surface area contributed by atoms with Crippen LogP contribution in [0.25, 0.3) is 0 Å². The summed E-state index contributed by atoms with van der Waals surface area (Å²) in [6.07, 6.45) is 4.50. The Morgan fingerprint density at radius 3 is 2.89 bits per heavy atom. The van der Waals surface area contributed by atoms with Crippen LogP contribution in [0.4, 0.5) is 5.69 Å². The molecule has 0 saturated carbocycles. The second-order valence-corrected chi connectivity index (χ2v) is 5.20. The zero-order valence-corrected chi connectivity index (χ0v) is 11.3. The fraction of sp³-hybridized carbons (Fsp3) is 0.467. The highest BCUT2D eigenvalue weighted by Crippen LogP contribution is 2.29. The first-order chi connectivity index (χ1) is 8.59. The number of likely N-dealkylation sites (N-methyl/N-ethyl adjacent to an activating group) is 1. The Morgan fingerprint density at radius 2 is 2.11 bits per heavy atom. The molecule has 4 N–H and O–H groups in total. The molecule has 0 saturated heterocycles. The maximum atomic E-state index is 6.39. The predicted molar refractivity (Wildman–Crippen MR) is 77.3 cm³/mol. The molecule has 18 heavy (non-hydrogen) atoms. The van der Waals surface area contributed by atoms with E-state index in [1.165, 1.54) is 12.0 Å². The molecular formula is C15H23N3. The van der Waals surface area contributed by atoms with Crippen LogP contribution in [-0.2, 0) is 0 Å². The van der Waals surface area contributed by atoms with Crippen molar-refractivity contribution >= 4 is 5.69 Å². The molecular weight excluding hydrogens is 222 g/mol. The molecule has 1 atom stereocenters. The molecule has 0 radical (unpaired) electrons. The van der Waals surface area contributed by atoms with Gasteiger partial charge in [0.15, 0.2) is 0 Å². The van der Waals surface area contributed by atoms with Crippen LogP contribution in [0.15, 0.2) is 29.8 Å². The van der Waals surface area contributed by atoms with Gasteiger partial charge < -0.3 is 16.4 Å². The molecule has 0 spiro atoms. The smallest absolute Gasteiger partial charge is 0.0532 e. The Balaban J connectivity index is 2.25. The SMILES string of the molecule is Cc1cccc(C(N)C2=CCN(C)CCC2)c1N. The van der Waals surface area contributed by atoms with Crippen molar-refractivity contribution in [3.8, 4) is 0 Å². The molecule has 98 valence electrons. The van der Waals surface area contributed by atoms with Gasteiger partial charge in [0.25, 0.3) is 0 Å². The molecule has 3 heteroatoms. The van der Waals surface area contributed by atoms with Crippen LogP contribution in [0.1, 0.15) is 30.0 Å². The van der Waals surface area contributed by atoms with Crippen LogP contribution >= 0.6 is 0 Å². The van der Waals surface area contributed by atoms with Gasteiger partial charge >= 0.3 is 0 Å². The minimum Gasteiger partial charge on any atom is -0.398 e. The number of anilines is 1. The number of nitrogens with zero attached hydrogens (tertiary/aromatic N) is 1. The van der Waals surface area contributed by atoms with E-state index in [1.54, 1.807) is 0 Å². The number of rotatable bonds is 2. The lowest BCUT2D eigenvalue weighted by molar-refractivity contribution is 0.372. The van der Waals surface area contributed by atoms with E-state index in [-0.39, 0.29) is 6.04 Å². The number of benzene rings is 1. The number of aryl methyl sites for hydroxylation is 1. The van der Waals surface area contributed by atoms with Crippen molar-refractivity contribution in [3.63, 3.8) is 0 Å². The highest BCUT2D eigenvalue weighted by Gasteiger charge is 2.17. The molecule has 1 aromatic carbocycles. The van der Waals surface area contributed by atoms with Crippen LogP contribution in [0.5, 0.6) is 0 Å². The summed E-state index contributed by atoms with van der Waals surface area (Å²) in [5.41, 5.74) is 16.8. The largest absolute Gasteiger partial charge is 0.398 e. The molecule has 3 nitrogen and oxygen atoms in total. The molecule has 0 amide bonds. The molecule has 1 aliphatic heterocycles. The summed E-state index contributed by atoms with van der Waals surface area (Å²) in [7, 11) is 2.14. The molecule has 2 rings (SSSR count). The van der Waals surface area contributed by atoms with Crippen molar-refractivity contribution in [2.75, 3.05) is 25.9 Å². The van der Waals surface area contributed by atoms with E-state index in [0.717, 1.165) is 36.3 Å². The first kappa shape index (κ1) is 13.1. The fourth-order valence-electron chi connectivity index (χ4n) is 2.48. The van der Waals surface area contributed by atoms with Gasteiger partial charge in [0, 0.05) is 12.2 Å². The van der Waals surface area contributed by atoms with E-state index in [4.69, 9.17) is 11.5 Å². The maximum Gasteiger partial charge on any atom is 0.0532 e. The summed E-state index contributed by atoms with van der Waals surface area (Å²) in [5.74, 6) is 0. The summed E-state index contributed by atoms with van der Waals surface area (Å²) >= 11 is 0. The van der Waals surface area contributed by atoms with E-state index < -0.39 is 0 Å². The number of hydrogen-bond acceptors (Lipinski definition) is 3. The Bertz CT molecular complexity index is 451. The maximum absolute atomic E-state index is 6.39. The highest BCUT2D eigenvalue weighted by molar-refractivity contribution is 5.56. The van der Waals surface area contributed by atoms with Gasteiger partial charge in [0.1, 0.15) is 0 Å². The Labute approximate surface area is 109 Å². The van der Waals surface area contributed by atoms with Gasteiger partial charge in [-0.25, -0.2) is 0 Å². The third-order valence-electron chi connectivity index (χ3n) is 3.76. The van der Waals surface area contributed by atoms with Crippen LogP contribution < -0.4 is 11.5 Å². The van der Waals surface area contributed by atoms with Crippen molar-refractivity contribution in [3.05, 3.63) is 41.0 Å².